The molecule has 1 aromatic rings. The maximum atomic E-state index is 5.43. The van der Waals surface area contributed by atoms with Crippen LogP contribution in [0.4, 0.5) is 0 Å². The Morgan fingerprint density at radius 2 is 2.11 bits per heavy atom. The van der Waals surface area contributed by atoms with E-state index in [1.807, 2.05) is 12.1 Å². The minimum absolute atomic E-state index is 0. The van der Waals surface area contributed by atoms with E-state index < -0.39 is 0 Å². The quantitative estimate of drug-likeness (QED) is 0.917. The highest BCUT2D eigenvalue weighted by molar-refractivity contribution is 5.85. The summed E-state index contributed by atoms with van der Waals surface area (Å²) in [6.45, 7) is 6.37. The number of methoxy groups -OCH3 is 2. The Morgan fingerprint density at radius 3 is 2.74 bits per heavy atom. The van der Waals surface area contributed by atoms with Gasteiger partial charge in [-0.1, -0.05) is 6.07 Å². The first-order valence-electron chi connectivity index (χ1n) is 6.39. The summed E-state index contributed by atoms with van der Waals surface area (Å²) in [4.78, 5) is 2.45. The molecule has 1 atom stereocenters. The fraction of sp³-hybridized carbons (Fsp3) is 0.571. The molecule has 108 valence electrons. The van der Waals surface area contributed by atoms with E-state index in [1.165, 1.54) is 5.56 Å². The van der Waals surface area contributed by atoms with Crippen molar-refractivity contribution in [3.8, 4) is 11.5 Å². The predicted octanol–water partition coefficient (Wildman–Crippen LogP) is 1.92. The third-order valence-corrected chi connectivity index (χ3v) is 3.34. The van der Waals surface area contributed by atoms with Crippen molar-refractivity contribution in [1.29, 1.82) is 0 Å². The Labute approximate surface area is 121 Å². The lowest BCUT2D eigenvalue weighted by atomic mass is 10.1. The monoisotopic (exact) mass is 286 g/mol. The van der Waals surface area contributed by atoms with Crippen molar-refractivity contribution < 1.29 is 9.47 Å². The molecule has 0 saturated carbocycles. The van der Waals surface area contributed by atoms with Crippen molar-refractivity contribution in [2.45, 2.75) is 19.5 Å². The van der Waals surface area contributed by atoms with Gasteiger partial charge in [-0.05, 0) is 13.0 Å². The lowest BCUT2D eigenvalue weighted by molar-refractivity contribution is 0.197. The summed E-state index contributed by atoms with van der Waals surface area (Å²) >= 11 is 0. The Balaban J connectivity index is 0.00000180. The summed E-state index contributed by atoms with van der Waals surface area (Å²) in [6.07, 6.45) is 0. The predicted molar refractivity (Wildman–Crippen MR) is 79.5 cm³/mol. The average Bonchev–Trinajstić information content (AvgIpc) is 2.39. The number of ether oxygens (including phenoxy) is 2. The van der Waals surface area contributed by atoms with E-state index in [-0.39, 0.29) is 12.4 Å². The zero-order chi connectivity index (χ0) is 13.0. The third-order valence-electron chi connectivity index (χ3n) is 3.34. The minimum atomic E-state index is 0. The molecule has 1 saturated heterocycles. The Morgan fingerprint density at radius 1 is 1.32 bits per heavy atom. The second kappa shape index (κ2) is 7.58. The van der Waals surface area contributed by atoms with Gasteiger partial charge in [0, 0.05) is 43.9 Å². The Bertz CT molecular complexity index is 401. The number of rotatable bonds is 4. The van der Waals surface area contributed by atoms with Crippen LogP contribution in [-0.4, -0.2) is 44.8 Å². The largest absolute Gasteiger partial charge is 0.497 e. The summed E-state index contributed by atoms with van der Waals surface area (Å²) in [7, 11) is 3.38. The topological polar surface area (TPSA) is 33.7 Å². The first kappa shape index (κ1) is 16.1. The maximum Gasteiger partial charge on any atom is 0.127 e. The van der Waals surface area contributed by atoms with Crippen LogP contribution in [0.5, 0.6) is 11.5 Å². The number of hydrogen-bond donors (Lipinski definition) is 1. The molecule has 0 unspecified atom stereocenters. The van der Waals surface area contributed by atoms with Gasteiger partial charge in [-0.2, -0.15) is 0 Å². The molecule has 1 heterocycles. The van der Waals surface area contributed by atoms with Crippen LogP contribution in [0.1, 0.15) is 12.5 Å². The number of benzene rings is 1. The molecule has 1 aliphatic rings. The van der Waals surface area contributed by atoms with Crippen LogP contribution in [-0.2, 0) is 6.54 Å². The zero-order valence-electron chi connectivity index (χ0n) is 11.8. The van der Waals surface area contributed by atoms with Crippen molar-refractivity contribution in [1.82, 2.24) is 10.2 Å². The van der Waals surface area contributed by atoms with E-state index in [4.69, 9.17) is 9.47 Å². The van der Waals surface area contributed by atoms with Crippen molar-refractivity contribution in [2.75, 3.05) is 33.9 Å². The van der Waals surface area contributed by atoms with Gasteiger partial charge >= 0.3 is 0 Å². The Kier molecular flexibility index (Phi) is 6.42. The van der Waals surface area contributed by atoms with Crippen LogP contribution in [0.2, 0.25) is 0 Å². The molecule has 0 bridgehead atoms. The molecule has 1 aliphatic heterocycles. The first-order chi connectivity index (χ1) is 8.72. The van der Waals surface area contributed by atoms with E-state index in [0.717, 1.165) is 37.7 Å². The van der Waals surface area contributed by atoms with Gasteiger partial charge in [0.05, 0.1) is 14.2 Å². The van der Waals surface area contributed by atoms with Crippen LogP contribution in [0.25, 0.3) is 0 Å². The number of halogens is 1. The lowest BCUT2D eigenvalue weighted by Gasteiger charge is -2.32. The van der Waals surface area contributed by atoms with Crippen molar-refractivity contribution in [3.63, 3.8) is 0 Å². The van der Waals surface area contributed by atoms with Gasteiger partial charge in [0.1, 0.15) is 11.5 Å². The molecule has 0 aliphatic carbocycles. The molecule has 2 rings (SSSR count). The molecule has 19 heavy (non-hydrogen) atoms. The highest BCUT2D eigenvalue weighted by Crippen LogP contribution is 2.25. The van der Waals surface area contributed by atoms with Gasteiger partial charge in [0.15, 0.2) is 0 Å². The molecule has 1 aromatic carbocycles. The third kappa shape index (κ3) is 4.27. The highest BCUT2D eigenvalue weighted by Gasteiger charge is 2.17. The van der Waals surface area contributed by atoms with Gasteiger partial charge in [0.25, 0.3) is 0 Å². The Hall–Kier alpha value is -0.970. The summed E-state index contributed by atoms with van der Waals surface area (Å²) < 4.78 is 10.6. The average molecular weight is 287 g/mol. The van der Waals surface area contributed by atoms with Gasteiger partial charge in [-0.25, -0.2) is 0 Å². The summed E-state index contributed by atoms with van der Waals surface area (Å²) in [5, 5.41) is 3.45. The fourth-order valence-electron chi connectivity index (χ4n) is 2.38. The van der Waals surface area contributed by atoms with E-state index in [2.05, 4.69) is 23.2 Å². The highest BCUT2D eigenvalue weighted by atomic mass is 35.5. The molecule has 0 radical (unpaired) electrons. The molecule has 1 fully saturated rings. The second-order valence-corrected chi connectivity index (χ2v) is 4.77. The van der Waals surface area contributed by atoms with Crippen molar-refractivity contribution in [3.05, 3.63) is 23.8 Å². The van der Waals surface area contributed by atoms with Gasteiger partial charge in [-0.3, -0.25) is 4.90 Å². The normalized spacial score (nSPS) is 19.6. The summed E-state index contributed by atoms with van der Waals surface area (Å²) in [6, 6.07) is 6.58. The molecule has 0 amide bonds. The molecule has 1 N–H and O–H groups in total. The molecule has 0 spiro atoms. The maximum absolute atomic E-state index is 5.43. The molecule has 0 aromatic heterocycles. The number of hydrogen-bond acceptors (Lipinski definition) is 4. The van der Waals surface area contributed by atoms with Crippen LogP contribution < -0.4 is 14.8 Å². The zero-order valence-corrected chi connectivity index (χ0v) is 12.6. The number of nitrogens with one attached hydrogen (secondary N) is 1. The van der Waals surface area contributed by atoms with Gasteiger partial charge in [0.2, 0.25) is 0 Å². The standard InChI is InChI=1S/C14H22N2O2.ClH/c1-11-9-16(7-6-15-11)10-12-4-5-13(17-2)8-14(12)18-3;/h4-5,8,11,15H,6-7,9-10H2,1-3H3;1H/t11-;/m1./s1. The van der Waals surface area contributed by atoms with E-state index >= 15 is 0 Å². The van der Waals surface area contributed by atoms with E-state index in [1.54, 1.807) is 14.2 Å². The lowest BCUT2D eigenvalue weighted by Crippen LogP contribution is -2.48. The van der Waals surface area contributed by atoms with Crippen molar-refractivity contribution in [2.24, 2.45) is 0 Å². The first-order valence-corrected chi connectivity index (χ1v) is 6.39. The molecular formula is C14H23ClN2O2. The van der Waals surface area contributed by atoms with Crippen LogP contribution in [0.15, 0.2) is 18.2 Å². The SMILES string of the molecule is COc1ccc(CN2CCN[C@H](C)C2)c(OC)c1.Cl. The van der Waals surface area contributed by atoms with Crippen molar-refractivity contribution >= 4 is 12.4 Å². The summed E-state index contributed by atoms with van der Waals surface area (Å²) in [5.74, 6) is 1.74. The molecular weight excluding hydrogens is 264 g/mol. The minimum Gasteiger partial charge on any atom is -0.497 e. The van der Waals surface area contributed by atoms with E-state index in [9.17, 15) is 0 Å². The van der Waals surface area contributed by atoms with Crippen LogP contribution in [0.3, 0.4) is 0 Å². The van der Waals surface area contributed by atoms with E-state index in [0.29, 0.717) is 6.04 Å². The fourth-order valence-corrected chi connectivity index (χ4v) is 2.38. The number of piperazine rings is 1. The smallest absolute Gasteiger partial charge is 0.127 e. The molecule has 4 nitrogen and oxygen atoms in total. The van der Waals surface area contributed by atoms with Crippen LogP contribution in [0, 0.1) is 0 Å². The molecule has 5 heteroatoms. The van der Waals surface area contributed by atoms with Crippen LogP contribution >= 0.6 is 12.4 Å². The van der Waals surface area contributed by atoms with Gasteiger partial charge < -0.3 is 14.8 Å². The van der Waals surface area contributed by atoms with Gasteiger partial charge in [-0.15, -0.1) is 12.4 Å². The summed E-state index contributed by atoms with van der Waals surface area (Å²) in [5.41, 5.74) is 1.22. The number of nitrogens with zero attached hydrogens (tertiary/aromatic N) is 1. The second-order valence-electron chi connectivity index (χ2n) is 4.77.